The Morgan fingerprint density at radius 3 is 1.65 bits per heavy atom. The SMILES string of the molecule is FC(F)(F)C(Nc1ccc(Cl)cc1)C(F)(F)F. The summed E-state index contributed by atoms with van der Waals surface area (Å²) in [6.45, 7) is 0. The van der Waals surface area contributed by atoms with Gasteiger partial charge in [-0.3, -0.25) is 0 Å². The molecule has 1 rings (SSSR count). The van der Waals surface area contributed by atoms with Crippen LogP contribution in [-0.2, 0) is 0 Å². The molecule has 0 saturated heterocycles. The van der Waals surface area contributed by atoms with Crippen LogP contribution in [0.25, 0.3) is 0 Å². The number of alkyl halides is 6. The van der Waals surface area contributed by atoms with Crippen LogP contribution in [0.3, 0.4) is 0 Å². The average molecular weight is 278 g/mol. The second-order valence-electron chi connectivity index (χ2n) is 3.17. The third kappa shape index (κ3) is 3.99. The van der Waals surface area contributed by atoms with Gasteiger partial charge in [-0.1, -0.05) is 11.6 Å². The smallest absolute Gasteiger partial charge is 0.367 e. The molecule has 0 atom stereocenters. The Balaban J connectivity index is 2.92. The van der Waals surface area contributed by atoms with Crippen LogP contribution < -0.4 is 5.32 Å². The van der Waals surface area contributed by atoms with Gasteiger partial charge in [0.1, 0.15) is 0 Å². The molecule has 0 aromatic heterocycles. The molecule has 0 spiro atoms. The van der Waals surface area contributed by atoms with Crippen LogP contribution in [-0.4, -0.2) is 18.4 Å². The van der Waals surface area contributed by atoms with E-state index in [9.17, 15) is 26.3 Å². The van der Waals surface area contributed by atoms with Crippen LogP contribution in [0.1, 0.15) is 0 Å². The van der Waals surface area contributed by atoms with Crippen molar-refractivity contribution in [3.05, 3.63) is 29.3 Å². The third-order valence-electron chi connectivity index (χ3n) is 1.81. The summed E-state index contributed by atoms with van der Waals surface area (Å²) in [6, 6.07) is 0.845. The minimum atomic E-state index is -5.42. The first kappa shape index (κ1) is 14.0. The van der Waals surface area contributed by atoms with Gasteiger partial charge in [0.05, 0.1) is 0 Å². The van der Waals surface area contributed by atoms with Gasteiger partial charge in [-0.15, -0.1) is 0 Å². The van der Waals surface area contributed by atoms with Crippen molar-refractivity contribution in [2.45, 2.75) is 18.4 Å². The van der Waals surface area contributed by atoms with Gasteiger partial charge in [-0.05, 0) is 24.3 Å². The number of anilines is 1. The van der Waals surface area contributed by atoms with Gasteiger partial charge in [0.2, 0.25) is 6.04 Å². The Morgan fingerprint density at radius 2 is 1.29 bits per heavy atom. The molecule has 1 N–H and O–H groups in total. The van der Waals surface area contributed by atoms with Gasteiger partial charge in [0, 0.05) is 10.7 Å². The monoisotopic (exact) mass is 277 g/mol. The molecule has 1 aromatic carbocycles. The Hall–Kier alpha value is -1.11. The summed E-state index contributed by atoms with van der Waals surface area (Å²) in [4.78, 5) is 0. The van der Waals surface area contributed by atoms with Gasteiger partial charge in [-0.25, -0.2) is 0 Å². The van der Waals surface area contributed by atoms with Crippen molar-refractivity contribution >= 4 is 17.3 Å². The molecule has 1 aromatic rings. The maximum Gasteiger partial charge on any atom is 0.417 e. The molecule has 0 fully saturated rings. The van der Waals surface area contributed by atoms with Crippen molar-refractivity contribution in [2.75, 3.05) is 5.32 Å². The van der Waals surface area contributed by atoms with E-state index in [-0.39, 0.29) is 10.7 Å². The van der Waals surface area contributed by atoms with Gasteiger partial charge in [0.15, 0.2) is 0 Å². The second kappa shape index (κ2) is 4.64. The lowest BCUT2D eigenvalue weighted by Crippen LogP contribution is -2.47. The highest BCUT2D eigenvalue weighted by atomic mass is 35.5. The molecule has 0 radical (unpaired) electrons. The number of rotatable bonds is 2. The largest absolute Gasteiger partial charge is 0.417 e. The van der Waals surface area contributed by atoms with Crippen LogP contribution in [0.2, 0.25) is 5.02 Å². The normalized spacial score (nSPS) is 12.9. The molecule has 0 unspecified atom stereocenters. The lowest BCUT2D eigenvalue weighted by atomic mass is 10.2. The van der Waals surface area contributed by atoms with E-state index in [0.717, 1.165) is 12.1 Å². The topological polar surface area (TPSA) is 12.0 Å². The van der Waals surface area contributed by atoms with Gasteiger partial charge < -0.3 is 5.32 Å². The predicted molar refractivity (Wildman–Crippen MR) is 51.0 cm³/mol. The highest BCUT2D eigenvalue weighted by molar-refractivity contribution is 6.30. The van der Waals surface area contributed by atoms with Gasteiger partial charge in [0.25, 0.3) is 0 Å². The molecule has 0 aliphatic rings. The predicted octanol–water partition coefficient (Wildman–Crippen LogP) is 4.25. The zero-order valence-electron chi connectivity index (χ0n) is 8.03. The molecule has 0 amide bonds. The quantitative estimate of drug-likeness (QED) is 0.797. The van der Waals surface area contributed by atoms with Crippen molar-refractivity contribution in [3.63, 3.8) is 0 Å². The summed E-state index contributed by atoms with van der Waals surface area (Å²) >= 11 is 5.46. The van der Waals surface area contributed by atoms with Crippen molar-refractivity contribution in [1.82, 2.24) is 0 Å². The molecular weight excluding hydrogens is 272 g/mol. The number of hydrogen-bond donors (Lipinski definition) is 1. The molecule has 17 heavy (non-hydrogen) atoms. The fraction of sp³-hybridized carbons (Fsp3) is 0.333. The fourth-order valence-electron chi connectivity index (χ4n) is 1.06. The van der Waals surface area contributed by atoms with E-state index in [4.69, 9.17) is 11.6 Å². The zero-order chi connectivity index (χ0) is 13.3. The van der Waals surface area contributed by atoms with Crippen LogP contribution in [0.4, 0.5) is 32.0 Å². The van der Waals surface area contributed by atoms with Crippen molar-refractivity contribution < 1.29 is 26.3 Å². The number of halogens is 7. The van der Waals surface area contributed by atoms with E-state index in [1.54, 1.807) is 0 Å². The lowest BCUT2D eigenvalue weighted by molar-refractivity contribution is -0.242. The molecule has 0 heterocycles. The van der Waals surface area contributed by atoms with E-state index in [1.807, 2.05) is 0 Å². The molecule has 0 aliphatic carbocycles. The van der Waals surface area contributed by atoms with Crippen LogP contribution in [0, 0.1) is 0 Å². The number of hydrogen-bond acceptors (Lipinski definition) is 1. The molecule has 0 aliphatic heterocycles. The minimum Gasteiger partial charge on any atom is -0.367 e. The highest BCUT2D eigenvalue weighted by Gasteiger charge is 2.56. The lowest BCUT2D eigenvalue weighted by Gasteiger charge is -2.24. The van der Waals surface area contributed by atoms with E-state index >= 15 is 0 Å². The van der Waals surface area contributed by atoms with Gasteiger partial charge >= 0.3 is 12.4 Å². The summed E-state index contributed by atoms with van der Waals surface area (Å²) in [6.07, 6.45) is -10.8. The first-order valence-corrected chi connectivity index (χ1v) is 4.64. The summed E-state index contributed by atoms with van der Waals surface area (Å²) in [5.41, 5.74) is -0.311. The molecular formula is C9H6ClF6N. The summed E-state index contributed by atoms with van der Waals surface area (Å²) in [5, 5.41) is 1.59. The standard InChI is InChI=1S/C9H6ClF6N/c10-5-1-3-6(4-2-5)17-7(8(11,12)13)9(14,15)16/h1-4,7,17H. The Labute approximate surface area is 97.4 Å². The van der Waals surface area contributed by atoms with Crippen LogP contribution in [0.5, 0.6) is 0 Å². The van der Waals surface area contributed by atoms with E-state index < -0.39 is 18.4 Å². The van der Waals surface area contributed by atoms with E-state index in [2.05, 4.69) is 0 Å². The molecule has 0 saturated carbocycles. The first-order valence-electron chi connectivity index (χ1n) is 4.26. The summed E-state index contributed by atoms with van der Waals surface area (Å²) in [5.74, 6) is 0. The third-order valence-corrected chi connectivity index (χ3v) is 2.06. The molecule has 96 valence electrons. The second-order valence-corrected chi connectivity index (χ2v) is 3.60. The minimum absolute atomic E-state index is 0.214. The number of benzene rings is 1. The zero-order valence-corrected chi connectivity index (χ0v) is 8.79. The van der Waals surface area contributed by atoms with E-state index in [0.29, 0.717) is 0 Å². The first-order chi connectivity index (χ1) is 7.60. The Morgan fingerprint density at radius 1 is 0.882 bits per heavy atom. The Kier molecular flexibility index (Phi) is 3.81. The maximum atomic E-state index is 12.2. The number of nitrogens with one attached hydrogen (secondary N) is 1. The van der Waals surface area contributed by atoms with Crippen molar-refractivity contribution in [2.24, 2.45) is 0 Å². The fourth-order valence-corrected chi connectivity index (χ4v) is 1.19. The average Bonchev–Trinajstić information content (AvgIpc) is 2.13. The maximum absolute atomic E-state index is 12.2. The molecule has 0 bridgehead atoms. The van der Waals surface area contributed by atoms with E-state index in [1.165, 1.54) is 17.4 Å². The van der Waals surface area contributed by atoms with Crippen LogP contribution in [0.15, 0.2) is 24.3 Å². The van der Waals surface area contributed by atoms with Gasteiger partial charge in [-0.2, -0.15) is 26.3 Å². The Bertz CT molecular complexity index is 355. The van der Waals surface area contributed by atoms with Crippen LogP contribution >= 0.6 is 11.6 Å². The summed E-state index contributed by atoms with van der Waals surface area (Å²) < 4.78 is 73.0. The highest BCUT2D eigenvalue weighted by Crippen LogP contribution is 2.35. The summed E-state index contributed by atoms with van der Waals surface area (Å²) in [7, 11) is 0. The molecule has 8 heteroatoms. The van der Waals surface area contributed by atoms with Crippen molar-refractivity contribution in [3.8, 4) is 0 Å². The molecule has 1 nitrogen and oxygen atoms in total. The van der Waals surface area contributed by atoms with Crippen molar-refractivity contribution in [1.29, 1.82) is 0 Å².